The molecule has 86 valence electrons. The van der Waals surface area contributed by atoms with Gasteiger partial charge in [-0.15, -0.1) is 0 Å². The second-order valence-corrected chi connectivity index (χ2v) is 5.24. The minimum Gasteiger partial charge on any atom is -0.289 e. The van der Waals surface area contributed by atoms with Crippen LogP contribution in [-0.2, 0) is 0 Å². The maximum absolute atomic E-state index is 12.2. The smallest absolute Gasteiger partial charge is 0.195 e. The van der Waals surface area contributed by atoms with Crippen molar-refractivity contribution < 1.29 is 4.79 Å². The summed E-state index contributed by atoms with van der Waals surface area (Å²) in [4.78, 5) is 16.3. The zero-order chi connectivity index (χ0) is 12.4. The Kier molecular flexibility index (Phi) is 3.79. The predicted octanol–water partition coefficient (Wildman–Crippen LogP) is 3.88. The van der Waals surface area contributed by atoms with Crippen LogP contribution in [0.2, 0.25) is 5.02 Å². The fourth-order valence-electron chi connectivity index (χ4n) is 1.43. The number of hydrogen-bond acceptors (Lipinski definition) is 2. The number of rotatable bonds is 2. The van der Waals surface area contributed by atoms with Gasteiger partial charge >= 0.3 is 0 Å². The van der Waals surface area contributed by atoms with E-state index < -0.39 is 0 Å². The Labute approximate surface area is 118 Å². The summed E-state index contributed by atoms with van der Waals surface area (Å²) in [5, 5.41) is 0.564. The van der Waals surface area contributed by atoms with Crippen LogP contribution >= 0.6 is 34.2 Å². The van der Waals surface area contributed by atoms with Gasteiger partial charge in [0.05, 0.1) is 0 Å². The third-order valence-electron chi connectivity index (χ3n) is 2.35. The molecule has 0 aliphatic rings. The van der Waals surface area contributed by atoms with Crippen LogP contribution in [0.15, 0.2) is 36.5 Å². The first-order valence-corrected chi connectivity index (χ1v) is 6.46. The average molecular weight is 358 g/mol. The van der Waals surface area contributed by atoms with Crippen LogP contribution in [0, 0.1) is 10.5 Å². The van der Waals surface area contributed by atoms with E-state index in [1.54, 1.807) is 24.4 Å². The normalized spacial score (nSPS) is 10.3. The van der Waals surface area contributed by atoms with E-state index in [2.05, 4.69) is 27.6 Å². The monoisotopic (exact) mass is 357 g/mol. The summed E-state index contributed by atoms with van der Waals surface area (Å²) in [5.41, 5.74) is 2.09. The van der Waals surface area contributed by atoms with E-state index in [4.69, 9.17) is 11.6 Å². The molecule has 0 unspecified atom stereocenters. The number of ketones is 1. The Morgan fingerprint density at radius 1 is 1.29 bits per heavy atom. The molecular weight excluding hydrogens is 349 g/mol. The van der Waals surface area contributed by atoms with Crippen molar-refractivity contribution in [2.45, 2.75) is 6.92 Å². The Bertz CT molecular complexity index is 566. The fourth-order valence-corrected chi connectivity index (χ4v) is 2.18. The zero-order valence-corrected chi connectivity index (χ0v) is 12.0. The molecule has 0 fully saturated rings. The van der Waals surface area contributed by atoms with Crippen molar-refractivity contribution in [3.8, 4) is 0 Å². The fraction of sp³-hybridized carbons (Fsp3) is 0.0769. The van der Waals surface area contributed by atoms with Crippen LogP contribution < -0.4 is 0 Å². The van der Waals surface area contributed by atoms with E-state index in [0.29, 0.717) is 16.1 Å². The summed E-state index contributed by atoms with van der Waals surface area (Å²) in [6.45, 7) is 1.89. The lowest BCUT2D eigenvalue weighted by atomic mass is 10.1. The van der Waals surface area contributed by atoms with Gasteiger partial charge in [-0.2, -0.15) is 0 Å². The van der Waals surface area contributed by atoms with E-state index in [1.807, 2.05) is 19.1 Å². The molecule has 2 aromatic rings. The van der Waals surface area contributed by atoms with Gasteiger partial charge < -0.3 is 0 Å². The van der Waals surface area contributed by atoms with Crippen molar-refractivity contribution >= 4 is 40.0 Å². The van der Waals surface area contributed by atoms with Crippen molar-refractivity contribution in [1.29, 1.82) is 0 Å². The molecule has 0 atom stereocenters. The number of aromatic nitrogens is 1. The summed E-state index contributed by atoms with van der Waals surface area (Å²) >= 11 is 8.03. The van der Waals surface area contributed by atoms with E-state index in [-0.39, 0.29) is 5.78 Å². The van der Waals surface area contributed by atoms with Gasteiger partial charge in [0, 0.05) is 31.6 Å². The summed E-state index contributed by atoms with van der Waals surface area (Å²) in [7, 11) is 0. The van der Waals surface area contributed by atoms with Crippen LogP contribution in [0.5, 0.6) is 0 Å². The Morgan fingerprint density at radius 2 is 2.06 bits per heavy atom. The van der Waals surface area contributed by atoms with E-state index in [9.17, 15) is 4.79 Å². The summed E-state index contributed by atoms with van der Waals surface area (Å²) in [6.07, 6.45) is 1.59. The van der Waals surface area contributed by atoms with Crippen molar-refractivity contribution in [2.75, 3.05) is 0 Å². The number of aryl methyl sites for hydroxylation is 1. The van der Waals surface area contributed by atoms with Crippen LogP contribution in [0.3, 0.4) is 0 Å². The SMILES string of the molecule is Cc1ccc(C(=O)c2cc(Cl)ccc2I)cn1. The maximum Gasteiger partial charge on any atom is 0.195 e. The highest BCUT2D eigenvalue weighted by molar-refractivity contribution is 14.1. The molecule has 2 nitrogen and oxygen atoms in total. The molecule has 0 saturated carbocycles. The van der Waals surface area contributed by atoms with Gasteiger partial charge in [-0.05, 0) is 59.8 Å². The first-order valence-electron chi connectivity index (χ1n) is 5.00. The van der Waals surface area contributed by atoms with Crippen molar-refractivity contribution in [1.82, 2.24) is 4.98 Å². The largest absolute Gasteiger partial charge is 0.289 e. The standard InChI is InChI=1S/C13H9ClINO/c1-8-2-3-9(7-16-8)13(17)11-6-10(14)4-5-12(11)15/h2-7H,1H3. The molecule has 0 bridgehead atoms. The molecule has 1 aromatic carbocycles. The third-order valence-corrected chi connectivity index (χ3v) is 3.52. The molecule has 0 radical (unpaired) electrons. The molecule has 1 aromatic heterocycles. The Hall–Kier alpha value is -0.940. The van der Waals surface area contributed by atoms with Gasteiger partial charge in [-0.3, -0.25) is 9.78 Å². The van der Waals surface area contributed by atoms with Gasteiger partial charge in [0.2, 0.25) is 0 Å². The first kappa shape index (κ1) is 12.5. The highest BCUT2D eigenvalue weighted by atomic mass is 127. The topological polar surface area (TPSA) is 30.0 Å². The lowest BCUT2D eigenvalue weighted by molar-refractivity contribution is 0.103. The second-order valence-electron chi connectivity index (χ2n) is 3.64. The molecule has 0 aliphatic heterocycles. The minimum absolute atomic E-state index is 0.0515. The van der Waals surface area contributed by atoms with Crippen LogP contribution in [0.25, 0.3) is 0 Å². The Balaban J connectivity index is 2.43. The van der Waals surface area contributed by atoms with Gasteiger partial charge in [-0.1, -0.05) is 11.6 Å². The predicted molar refractivity (Wildman–Crippen MR) is 76.6 cm³/mol. The Morgan fingerprint density at radius 3 is 2.71 bits per heavy atom. The van der Waals surface area contributed by atoms with Crippen molar-refractivity contribution in [3.05, 3.63) is 61.9 Å². The molecule has 0 amide bonds. The number of halogens is 2. The lowest BCUT2D eigenvalue weighted by Crippen LogP contribution is -2.04. The molecule has 4 heteroatoms. The highest BCUT2D eigenvalue weighted by Gasteiger charge is 2.13. The molecule has 1 heterocycles. The lowest BCUT2D eigenvalue weighted by Gasteiger charge is -2.04. The average Bonchev–Trinajstić information content (AvgIpc) is 2.32. The second kappa shape index (κ2) is 5.14. The molecule has 0 saturated heterocycles. The van der Waals surface area contributed by atoms with Crippen LogP contribution in [0.1, 0.15) is 21.6 Å². The molecule has 0 aliphatic carbocycles. The number of hydrogen-bond donors (Lipinski definition) is 0. The number of pyridine rings is 1. The molecule has 17 heavy (non-hydrogen) atoms. The van der Waals surface area contributed by atoms with Gasteiger partial charge in [0.1, 0.15) is 0 Å². The van der Waals surface area contributed by atoms with E-state index in [1.165, 1.54) is 0 Å². The van der Waals surface area contributed by atoms with Gasteiger partial charge in [-0.25, -0.2) is 0 Å². The quantitative estimate of drug-likeness (QED) is 0.603. The molecular formula is C13H9ClINO. The van der Waals surface area contributed by atoms with Crippen molar-refractivity contribution in [2.24, 2.45) is 0 Å². The van der Waals surface area contributed by atoms with E-state index in [0.717, 1.165) is 9.26 Å². The molecule has 0 spiro atoms. The summed E-state index contributed by atoms with van der Waals surface area (Å²) < 4.78 is 0.887. The third kappa shape index (κ3) is 2.84. The molecule has 0 N–H and O–H groups in total. The van der Waals surface area contributed by atoms with Gasteiger partial charge in [0.25, 0.3) is 0 Å². The summed E-state index contributed by atoms with van der Waals surface area (Å²) in [5.74, 6) is -0.0515. The zero-order valence-electron chi connectivity index (χ0n) is 9.08. The molecule has 2 rings (SSSR count). The van der Waals surface area contributed by atoms with Gasteiger partial charge in [0.15, 0.2) is 5.78 Å². The van der Waals surface area contributed by atoms with Crippen molar-refractivity contribution in [3.63, 3.8) is 0 Å². The number of benzene rings is 1. The van der Waals surface area contributed by atoms with Crippen LogP contribution in [0.4, 0.5) is 0 Å². The first-order chi connectivity index (χ1) is 8.08. The number of carbonyl (C=O) groups excluding carboxylic acids is 1. The van der Waals surface area contributed by atoms with E-state index >= 15 is 0 Å². The maximum atomic E-state index is 12.2. The number of nitrogens with zero attached hydrogens (tertiary/aromatic N) is 1. The van der Waals surface area contributed by atoms with Crippen LogP contribution in [-0.4, -0.2) is 10.8 Å². The number of carbonyl (C=O) groups is 1. The minimum atomic E-state index is -0.0515. The highest BCUT2D eigenvalue weighted by Crippen LogP contribution is 2.20. The summed E-state index contributed by atoms with van der Waals surface area (Å²) in [6, 6.07) is 8.89.